The van der Waals surface area contributed by atoms with Gasteiger partial charge in [-0.1, -0.05) is 12.1 Å². The first-order valence-electron chi connectivity index (χ1n) is 11.1. The van der Waals surface area contributed by atoms with E-state index in [0.29, 0.717) is 0 Å². The number of hydrogen-bond donors (Lipinski definition) is 1. The zero-order valence-electron chi connectivity index (χ0n) is 18.4. The maximum absolute atomic E-state index is 5.18. The Hall–Kier alpha value is -0.870. The zero-order valence-corrected chi connectivity index (χ0v) is 20.7. The van der Waals surface area contributed by atoms with Gasteiger partial charge in [0.2, 0.25) is 0 Å². The van der Waals surface area contributed by atoms with E-state index in [1.54, 1.807) is 0 Å². The van der Waals surface area contributed by atoms with Crippen molar-refractivity contribution in [1.82, 2.24) is 25.2 Å². The highest BCUT2D eigenvalue weighted by Gasteiger charge is 2.21. The van der Waals surface area contributed by atoms with Crippen molar-refractivity contribution in [2.45, 2.75) is 46.6 Å². The van der Waals surface area contributed by atoms with E-state index in [9.17, 15) is 0 Å². The summed E-state index contributed by atoms with van der Waals surface area (Å²) < 4.78 is 5.18. The van der Waals surface area contributed by atoms with Crippen molar-refractivity contribution >= 4 is 29.9 Å². The van der Waals surface area contributed by atoms with Gasteiger partial charge in [-0.3, -0.25) is 9.89 Å². The Morgan fingerprint density at radius 2 is 1.86 bits per heavy atom. The number of guanidine groups is 1. The molecule has 1 aromatic heterocycles. The molecule has 0 bridgehead atoms. The van der Waals surface area contributed by atoms with E-state index >= 15 is 0 Å². The Morgan fingerprint density at radius 3 is 2.45 bits per heavy atom. The fraction of sp³-hybridized carbons (Fsp3) is 0.810. The summed E-state index contributed by atoms with van der Waals surface area (Å²) in [5.41, 5.74) is 1.03. The van der Waals surface area contributed by atoms with Gasteiger partial charge in [-0.15, -0.1) is 24.0 Å². The molecule has 2 aliphatic heterocycles. The summed E-state index contributed by atoms with van der Waals surface area (Å²) in [6, 6.07) is 2.03. The van der Waals surface area contributed by atoms with E-state index in [-0.39, 0.29) is 24.0 Å². The first-order valence-corrected chi connectivity index (χ1v) is 11.1. The predicted octanol–water partition coefficient (Wildman–Crippen LogP) is 2.81. The molecule has 2 fully saturated rings. The molecular weight excluding hydrogens is 479 g/mol. The molecule has 2 saturated heterocycles. The Bertz CT molecular complexity index is 606. The van der Waals surface area contributed by atoms with Crippen molar-refractivity contribution in [3.8, 4) is 0 Å². The molecule has 0 spiro atoms. The molecule has 0 radical (unpaired) electrons. The number of aliphatic imine (C=N–C) groups is 1. The van der Waals surface area contributed by atoms with Gasteiger partial charge in [0.05, 0.1) is 5.69 Å². The van der Waals surface area contributed by atoms with E-state index in [0.717, 1.165) is 69.1 Å². The summed E-state index contributed by atoms with van der Waals surface area (Å²) in [5, 5.41) is 7.62. The summed E-state index contributed by atoms with van der Waals surface area (Å²) in [6.07, 6.45) is 3.89. The molecule has 166 valence electrons. The quantitative estimate of drug-likeness (QED) is 0.341. The average Bonchev–Trinajstić information content (AvgIpc) is 3.13. The summed E-state index contributed by atoms with van der Waals surface area (Å²) >= 11 is 0. The van der Waals surface area contributed by atoms with Gasteiger partial charge in [0, 0.05) is 51.9 Å². The van der Waals surface area contributed by atoms with Crippen molar-refractivity contribution in [2.75, 3.05) is 58.9 Å². The van der Waals surface area contributed by atoms with Gasteiger partial charge in [-0.25, -0.2) is 0 Å². The van der Waals surface area contributed by atoms with Gasteiger partial charge in [0.1, 0.15) is 5.76 Å². The number of nitrogens with zero attached hydrogens (tertiary/aromatic N) is 5. The van der Waals surface area contributed by atoms with Crippen LogP contribution in [0.15, 0.2) is 15.6 Å². The lowest BCUT2D eigenvalue weighted by atomic mass is 9.94. The SMILES string of the molecule is CCNC(=NCCC1CCN(CC)CC1)N1CCN(Cc2cc(C)on2)CC1.I. The molecular formula is C21H39IN6O. The fourth-order valence-corrected chi connectivity index (χ4v) is 4.21. The highest BCUT2D eigenvalue weighted by molar-refractivity contribution is 14.0. The number of hydrogen-bond acceptors (Lipinski definition) is 5. The number of piperazine rings is 1. The molecule has 29 heavy (non-hydrogen) atoms. The molecule has 3 heterocycles. The van der Waals surface area contributed by atoms with Gasteiger partial charge in [0.25, 0.3) is 0 Å². The molecule has 2 aliphatic rings. The molecule has 0 saturated carbocycles. The number of piperidine rings is 1. The lowest BCUT2D eigenvalue weighted by molar-refractivity contribution is 0.168. The van der Waals surface area contributed by atoms with Crippen LogP contribution in [0.25, 0.3) is 0 Å². The highest BCUT2D eigenvalue weighted by Crippen LogP contribution is 2.20. The van der Waals surface area contributed by atoms with Crippen molar-refractivity contribution < 1.29 is 4.52 Å². The van der Waals surface area contributed by atoms with Crippen molar-refractivity contribution in [1.29, 1.82) is 0 Å². The minimum absolute atomic E-state index is 0. The van der Waals surface area contributed by atoms with Crippen molar-refractivity contribution in [3.63, 3.8) is 0 Å². The van der Waals surface area contributed by atoms with Crippen LogP contribution in [0, 0.1) is 12.8 Å². The monoisotopic (exact) mass is 518 g/mol. The molecule has 0 atom stereocenters. The predicted molar refractivity (Wildman–Crippen MR) is 129 cm³/mol. The van der Waals surface area contributed by atoms with E-state index in [4.69, 9.17) is 9.52 Å². The van der Waals surface area contributed by atoms with Crippen LogP contribution in [0.4, 0.5) is 0 Å². The van der Waals surface area contributed by atoms with Crippen molar-refractivity contribution in [3.05, 3.63) is 17.5 Å². The Balaban J connectivity index is 0.00000300. The second-order valence-corrected chi connectivity index (χ2v) is 8.09. The van der Waals surface area contributed by atoms with Crippen LogP contribution in [0.3, 0.4) is 0 Å². The minimum Gasteiger partial charge on any atom is -0.361 e. The Kier molecular flexibility index (Phi) is 10.7. The standard InChI is InChI=1S/C21H38N6O.HI/c1-4-22-21(23-9-6-19-7-10-25(5-2)11-8-19)27-14-12-26(13-15-27)17-20-16-18(3)28-24-20;/h16,19H,4-15,17H2,1-3H3,(H,22,23);1H. The third kappa shape index (κ3) is 7.71. The topological polar surface area (TPSA) is 60.1 Å². The number of nitrogens with one attached hydrogen (secondary N) is 1. The maximum atomic E-state index is 5.18. The Labute approximate surface area is 193 Å². The average molecular weight is 518 g/mol. The van der Waals surface area contributed by atoms with E-state index in [1.807, 2.05) is 13.0 Å². The molecule has 1 aromatic rings. The lowest BCUT2D eigenvalue weighted by Crippen LogP contribution is -2.52. The van der Waals surface area contributed by atoms with Crippen LogP contribution in [0.2, 0.25) is 0 Å². The molecule has 8 heteroatoms. The van der Waals surface area contributed by atoms with Crippen molar-refractivity contribution in [2.24, 2.45) is 10.9 Å². The number of halogens is 1. The van der Waals surface area contributed by atoms with Crippen LogP contribution in [0.5, 0.6) is 0 Å². The zero-order chi connectivity index (χ0) is 19.8. The molecule has 0 unspecified atom stereocenters. The van der Waals surface area contributed by atoms with Crippen LogP contribution in [-0.2, 0) is 6.54 Å². The second-order valence-electron chi connectivity index (χ2n) is 8.09. The molecule has 0 aromatic carbocycles. The second kappa shape index (κ2) is 12.7. The summed E-state index contributed by atoms with van der Waals surface area (Å²) in [4.78, 5) is 12.4. The summed E-state index contributed by atoms with van der Waals surface area (Å²) in [6.45, 7) is 16.9. The van der Waals surface area contributed by atoms with Crippen LogP contribution in [-0.4, -0.2) is 84.7 Å². The fourth-order valence-electron chi connectivity index (χ4n) is 4.21. The number of likely N-dealkylation sites (tertiary alicyclic amines) is 1. The van der Waals surface area contributed by atoms with Crippen LogP contribution in [0.1, 0.15) is 44.6 Å². The minimum atomic E-state index is 0. The van der Waals surface area contributed by atoms with Gasteiger partial charge >= 0.3 is 0 Å². The van der Waals surface area contributed by atoms with Crippen LogP contribution >= 0.6 is 24.0 Å². The highest BCUT2D eigenvalue weighted by atomic mass is 127. The van der Waals surface area contributed by atoms with Gasteiger partial charge in [-0.05, 0) is 58.7 Å². The van der Waals surface area contributed by atoms with E-state index < -0.39 is 0 Å². The third-order valence-electron chi connectivity index (χ3n) is 6.02. The van der Waals surface area contributed by atoms with E-state index in [2.05, 4.69) is 39.0 Å². The molecule has 1 N–H and O–H groups in total. The number of rotatable bonds is 7. The summed E-state index contributed by atoms with van der Waals surface area (Å²) in [5.74, 6) is 2.82. The van der Waals surface area contributed by atoms with Crippen LogP contribution < -0.4 is 5.32 Å². The number of aryl methyl sites for hydroxylation is 1. The molecule has 7 nitrogen and oxygen atoms in total. The van der Waals surface area contributed by atoms with Gasteiger partial charge < -0.3 is 19.6 Å². The maximum Gasteiger partial charge on any atom is 0.194 e. The Morgan fingerprint density at radius 1 is 1.14 bits per heavy atom. The molecule has 0 amide bonds. The summed E-state index contributed by atoms with van der Waals surface area (Å²) in [7, 11) is 0. The first-order chi connectivity index (χ1) is 13.7. The number of aromatic nitrogens is 1. The first kappa shape index (κ1) is 24.4. The lowest BCUT2D eigenvalue weighted by Gasteiger charge is -2.36. The normalized spacial score (nSPS) is 20.0. The smallest absolute Gasteiger partial charge is 0.194 e. The molecule has 0 aliphatic carbocycles. The third-order valence-corrected chi connectivity index (χ3v) is 6.02. The largest absolute Gasteiger partial charge is 0.361 e. The van der Waals surface area contributed by atoms with E-state index in [1.165, 1.54) is 38.9 Å². The van der Waals surface area contributed by atoms with Gasteiger partial charge in [0.15, 0.2) is 5.96 Å². The molecule has 3 rings (SSSR count). The van der Waals surface area contributed by atoms with Gasteiger partial charge in [-0.2, -0.15) is 0 Å².